The van der Waals surface area contributed by atoms with E-state index in [2.05, 4.69) is 340 Å². The van der Waals surface area contributed by atoms with Gasteiger partial charge in [-0.05, 0) is 227 Å². The molecule has 6 heteroatoms. The largest absolute Gasteiger partial charge is 0.310 e. The molecule has 20 rings (SSSR count). The molecule has 0 fully saturated rings. The first-order valence-electron chi connectivity index (χ1n) is 37.6. The van der Waals surface area contributed by atoms with Crippen molar-refractivity contribution in [3.63, 3.8) is 0 Å². The summed E-state index contributed by atoms with van der Waals surface area (Å²) in [5.74, 6) is 0. The lowest BCUT2D eigenvalue weighted by atomic mass is 9.35. The third-order valence-electron chi connectivity index (χ3n) is 24.7. The lowest BCUT2D eigenvalue weighted by molar-refractivity contribution is 0.590. The fourth-order valence-corrected chi connectivity index (χ4v) is 21.6. The molecule has 2 aromatic heterocycles. The van der Waals surface area contributed by atoms with Crippen molar-refractivity contribution in [2.24, 2.45) is 0 Å². The molecule has 6 aliphatic rings. The Morgan fingerprint density at radius 1 is 0.272 bits per heavy atom. The van der Waals surface area contributed by atoms with Crippen molar-refractivity contribution in [3.8, 4) is 55.9 Å². The number of hydrogen-bond donors (Lipinski definition) is 0. The van der Waals surface area contributed by atoms with Gasteiger partial charge < -0.3 is 9.13 Å². The SMILES string of the molecule is CC(C)(C)c1ccc(-c2cc3c4c(c2)-n2c5ccc(C(C)(C)C)cc5c5cc(C(C)(C)C)cc(c52)B4c2cc4c(cc2S3)C2(c3ccccc3-4)c3ccccc3-c3cc4c(cc32)Sc2cc(-c3ccc(C(C)(C)C)cc3)cc3c2B4c2cc(C(C)(C)C)cc4c5cc(C(C)(C)C)ccc5n-3c24)cc1. The molecule has 0 radical (unpaired) electrons. The van der Waals surface area contributed by atoms with Crippen LogP contribution >= 0.6 is 23.5 Å². The fraction of sp³-hybridized carbons (Fsp3) is 0.258. The lowest BCUT2D eigenvalue weighted by Gasteiger charge is -2.37. The molecule has 504 valence electrons. The number of fused-ring (bicyclic) bond motifs is 24. The van der Waals surface area contributed by atoms with Gasteiger partial charge in [0.05, 0.1) is 16.4 Å². The summed E-state index contributed by atoms with van der Waals surface area (Å²) in [7, 11) is 0. The molecule has 6 heterocycles. The summed E-state index contributed by atoms with van der Waals surface area (Å²) < 4.78 is 5.36. The van der Waals surface area contributed by atoms with Crippen molar-refractivity contribution in [1.82, 2.24) is 9.13 Å². The van der Waals surface area contributed by atoms with E-state index in [4.69, 9.17) is 0 Å². The Balaban J connectivity index is 0.844. The molecule has 4 aliphatic heterocycles. The zero-order valence-electron chi connectivity index (χ0n) is 63.0. The van der Waals surface area contributed by atoms with Crippen LogP contribution < -0.4 is 32.8 Å². The fourth-order valence-electron chi connectivity index (χ4n) is 19.1. The number of aromatic nitrogens is 2. The molecule has 2 nitrogen and oxygen atoms in total. The monoisotopic (exact) mass is 1370 g/mol. The molecule has 0 unspecified atom stereocenters. The van der Waals surface area contributed by atoms with Gasteiger partial charge in [-0.2, -0.15) is 0 Å². The highest BCUT2D eigenvalue weighted by Gasteiger charge is 2.55. The number of benzene rings is 12. The van der Waals surface area contributed by atoms with Crippen LogP contribution in [0.3, 0.4) is 0 Å². The Hall–Kier alpha value is -8.93. The van der Waals surface area contributed by atoms with Crippen molar-refractivity contribution in [2.45, 2.75) is 182 Å². The molecule has 0 saturated carbocycles. The average Bonchev–Trinajstić information content (AvgIpc) is 1.51. The minimum Gasteiger partial charge on any atom is -0.310 e. The average molecular weight is 1370 g/mol. The van der Waals surface area contributed by atoms with E-state index in [9.17, 15) is 0 Å². The first kappa shape index (κ1) is 63.7. The number of rotatable bonds is 2. The Morgan fingerprint density at radius 2 is 0.621 bits per heavy atom. The third kappa shape index (κ3) is 8.87. The van der Waals surface area contributed by atoms with E-state index in [0.717, 1.165) is 0 Å². The Labute approximate surface area is 617 Å². The minimum absolute atomic E-state index is 0.00731. The van der Waals surface area contributed by atoms with Crippen molar-refractivity contribution >= 4 is 113 Å². The van der Waals surface area contributed by atoms with Crippen LogP contribution in [0.1, 0.15) is 180 Å². The van der Waals surface area contributed by atoms with E-state index < -0.39 is 5.41 Å². The maximum absolute atomic E-state index is 2.71. The molecule has 1 spiro atoms. The molecule has 14 aromatic rings. The first-order chi connectivity index (χ1) is 48.8. The van der Waals surface area contributed by atoms with Gasteiger partial charge in [-0.15, -0.1) is 0 Å². The van der Waals surface area contributed by atoms with Crippen molar-refractivity contribution in [3.05, 3.63) is 262 Å². The molecular weight excluding hydrogens is 1280 g/mol. The Bertz CT molecular complexity index is 5790. The van der Waals surface area contributed by atoms with Gasteiger partial charge in [0.2, 0.25) is 13.4 Å². The Morgan fingerprint density at radius 3 is 0.990 bits per heavy atom. The minimum atomic E-state index is -0.598. The summed E-state index contributed by atoms with van der Waals surface area (Å²) in [6.45, 7) is 42.5. The predicted molar refractivity (Wildman–Crippen MR) is 445 cm³/mol. The summed E-state index contributed by atoms with van der Waals surface area (Å²) >= 11 is 4.02. The van der Waals surface area contributed by atoms with Gasteiger partial charge >= 0.3 is 0 Å². The van der Waals surface area contributed by atoms with Crippen LogP contribution in [-0.2, 0) is 37.9 Å². The van der Waals surface area contributed by atoms with Crippen LogP contribution in [0.5, 0.6) is 0 Å². The second-order valence-electron chi connectivity index (χ2n) is 37.3. The lowest BCUT2D eigenvalue weighted by Crippen LogP contribution is -2.59. The van der Waals surface area contributed by atoms with Crippen molar-refractivity contribution < 1.29 is 0 Å². The summed E-state index contributed by atoms with van der Waals surface area (Å²) in [6, 6.07) is 84.2. The van der Waals surface area contributed by atoms with Crippen molar-refractivity contribution in [1.29, 1.82) is 0 Å². The number of nitrogens with zero attached hydrogens (tertiary/aromatic N) is 2. The number of hydrogen-bond acceptors (Lipinski definition) is 2. The summed E-state index contributed by atoms with van der Waals surface area (Å²) in [5.41, 5.74) is 39.6. The summed E-state index contributed by atoms with van der Waals surface area (Å²) in [4.78, 5) is 5.38. The van der Waals surface area contributed by atoms with Gasteiger partial charge in [-0.3, -0.25) is 0 Å². The van der Waals surface area contributed by atoms with Crippen LogP contribution in [0.2, 0.25) is 0 Å². The summed E-state index contributed by atoms with van der Waals surface area (Å²) in [6.07, 6.45) is 0. The van der Waals surface area contributed by atoms with Crippen LogP contribution in [-0.4, -0.2) is 22.6 Å². The molecule has 0 amide bonds. The first-order valence-corrected chi connectivity index (χ1v) is 39.2. The van der Waals surface area contributed by atoms with Crippen LogP contribution in [0.25, 0.3) is 99.5 Å². The van der Waals surface area contributed by atoms with E-state index in [1.807, 2.05) is 23.5 Å². The quantitative estimate of drug-likeness (QED) is 0.160. The smallest absolute Gasteiger partial charge is 0.249 e. The second kappa shape index (κ2) is 20.7. The maximum Gasteiger partial charge on any atom is 0.249 e. The van der Waals surface area contributed by atoms with Crippen LogP contribution in [0, 0.1) is 0 Å². The van der Waals surface area contributed by atoms with Crippen LogP contribution in [0.4, 0.5) is 0 Å². The second-order valence-corrected chi connectivity index (χ2v) is 39.5. The molecular formula is C97H88B2N2S2. The molecule has 0 bridgehead atoms. The molecule has 0 saturated heterocycles. The highest BCUT2D eigenvalue weighted by Crippen LogP contribution is 2.64. The molecule has 0 atom stereocenters. The molecule has 0 N–H and O–H groups in total. The molecule has 2 aliphatic carbocycles. The normalized spacial score (nSPS) is 15.0. The van der Waals surface area contributed by atoms with Gasteiger partial charge in [0.1, 0.15) is 0 Å². The van der Waals surface area contributed by atoms with E-state index >= 15 is 0 Å². The maximum atomic E-state index is 2.71. The molecule has 103 heavy (non-hydrogen) atoms. The van der Waals surface area contributed by atoms with Gasteiger partial charge in [0, 0.05) is 63.5 Å². The van der Waals surface area contributed by atoms with Gasteiger partial charge in [-0.1, -0.05) is 293 Å². The van der Waals surface area contributed by atoms with E-state index in [0.29, 0.717) is 0 Å². The highest BCUT2D eigenvalue weighted by molar-refractivity contribution is 8.00. The Kier molecular flexibility index (Phi) is 12.8. The summed E-state index contributed by atoms with van der Waals surface area (Å²) in [5, 5.41) is 5.37. The van der Waals surface area contributed by atoms with Crippen molar-refractivity contribution in [2.75, 3.05) is 0 Å². The van der Waals surface area contributed by atoms with E-state index in [1.165, 1.54) is 207 Å². The van der Waals surface area contributed by atoms with Gasteiger partial charge in [0.15, 0.2) is 0 Å². The highest BCUT2D eigenvalue weighted by atomic mass is 32.2. The topological polar surface area (TPSA) is 9.86 Å². The van der Waals surface area contributed by atoms with Crippen LogP contribution in [0.15, 0.2) is 226 Å². The molecule has 12 aromatic carbocycles. The zero-order valence-corrected chi connectivity index (χ0v) is 64.6. The third-order valence-corrected chi connectivity index (χ3v) is 27.0. The van der Waals surface area contributed by atoms with Gasteiger partial charge in [-0.25, -0.2) is 0 Å². The van der Waals surface area contributed by atoms with Gasteiger partial charge in [0.25, 0.3) is 0 Å². The standard InChI is InChI=1S/C97H88B2N2S2/c1-91(2,3)57-31-27-53(28-32-57)55-39-81-87-85(41-55)102-83-51-73-65(49-75(83)98(87)77-47-61(95(13,14)15)45-69-67-43-59(93(7,8)9)35-37-79(67)100(81)89(69)77)63-23-19-21-25-71(63)97(73)72-26-22-20-24-64(72)66-50-76-84(52-74(66)97)103-86-42-56(54-29-33-58(34-30-54)92(4,5)6)40-82-88(86)99(76)78-48-62(96(16,17)18)46-70-68-44-60(94(10,11)12)36-38-80(68)101(82)90(70)78/h19-52H,1-18H3. The van der Waals surface area contributed by atoms with E-state index in [1.54, 1.807) is 0 Å². The van der Waals surface area contributed by atoms with E-state index in [-0.39, 0.29) is 45.9 Å². The zero-order chi connectivity index (χ0) is 71.2. The predicted octanol–water partition coefficient (Wildman–Crippen LogP) is 21.9.